The summed E-state index contributed by atoms with van der Waals surface area (Å²) >= 11 is 1.93. The summed E-state index contributed by atoms with van der Waals surface area (Å²) in [5.41, 5.74) is 4.43. The maximum absolute atomic E-state index is 12.0. The highest BCUT2D eigenvalue weighted by molar-refractivity contribution is 7.99. The van der Waals surface area contributed by atoms with Gasteiger partial charge in [-0.1, -0.05) is 0 Å². The van der Waals surface area contributed by atoms with Gasteiger partial charge in [0.05, 0.1) is 5.88 Å². The highest BCUT2D eigenvalue weighted by Crippen LogP contribution is 2.36. The predicted molar refractivity (Wildman–Crippen MR) is 90.8 cm³/mol. The van der Waals surface area contributed by atoms with Gasteiger partial charge in [0.25, 0.3) is 5.56 Å². The van der Waals surface area contributed by atoms with E-state index in [-0.39, 0.29) is 5.56 Å². The molecule has 116 valence electrons. The Hall–Kier alpha value is -1.62. The van der Waals surface area contributed by atoms with E-state index in [1.165, 1.54) is 5.56 Å². The molecule has 2 aromatic rings. The first-order valence-corrected chi connectivity index (χ1v) is 9.06. The van der Waals surface area contributed by atoms with Crippen molar-refractivity contribution < 1.29 is 4.42 Å². The summed E-state index contributed by atoms with van der Waals surface area (Å²) in [6, 6.07) is 2.13. The monoisotopic (exact) mass is 316 g/mol. The number of rotatable bonds is 2. The summed E-state index contributed by atoms with van der Waals surface area (Å²) in [6.07, 6.45) is 5.95. The standard InChI is InChI=1S/C17H20N2O2S/c1-11-8-15(19-6-7-22-10-19)21-16(11)14-9-18-17(20)13-5-3-2-4-12(13)14/h8-9H,2-7,10H2,1H3,(H,18,20). The lowest BCUT2D eigenvalue weighted by Crippen LogP contribution is -2.19. The summed E-state index contributed by atoms with van der Waals surface area (Å²) in [4.78, 5) is 17.2. The van der Waals surface area contributed by atoms with E-state index in [9.17, 15) is 4.79 Å². The minimum atomic E-state index is 0.0684. The molecular weight excluding hydrogens is 296 g/mol. The Morgan fingerprint density at radius 1 is 1.27 bits per heavy atom. The van der Waals surface area contributed by atoms with Crippen LogP contribution in [0.2, 0.25) is 0 Å². The first kappa shape index (κ1) is 14.0. The van der Waals surface area contributed by atoms with Crippen molar-refractivity contribution in [2.45, 2.75) is 32.6 Å². The number of hydrogen-bond donors (Lipinski definition) is 1. The fourth-order valence-corrected chi connectivity index (χ4v) is 4.40. The van der Waals surface area contributed by atoms with Crippen LogP contribution >= 0.6 is 11.8 Å². The van der Waals surface area contributed by atoms with E-state index in [1.54, 1.807) is 0 Å². The molecule has 1 aliphatic heterocycles. The molecule has 0 aromatic carbocycles. The van der Waals surface area contributed by atoms with Gasteiger partial charge in [-0.2, -0.15) is 0 Å². The van der Waals surface area contributed by atoms with E-state index < -0.39 is 0 Å². The van der Waals surface area contributed by atoms with Gasteiger partial charge in [0.2, 0.25) is 0 Å². The van der Waals surface area contributed by atoms with Crippen molar-refractivity contribution in [3.8, 4) is 11.3 Å². The van der Waals surface area contributed by atoms with E-state index in [2.05, 4.69) is 22.9 Å². The van der Waals surface area contributed by atoms with Gasteiger partial charge in [-0.05, 0) is 43.7 Å². The Labute approximate surface area is 133 Å². The van der Waals surface area contributed by atoms with Crippen LogP contribution in [0, 0.1) is 6.92 Å². The molecular formula is C17H20N2O2S. The van der Waals surface area contributed by atoms with Gasteiger partial charge < -0.3 is 14.3 Å². The van der Waals surface area contributed by atoms with Gasteiger partial charge in [-0.25, -0.2) is 0 Å². The lowest BCUT2D eigenvalue weighted by Gasteiger charge is -2.18. The first-order valence-electron chi connectivity index (χ1n) is 7.91. The molecule has 1 saturated heterocycles. The van der Waals surface area contributed by atoms with Gasteiger partial charge in [0.15, 0.2) is 5.88 Å². The number of aryl methyl sites for hydroxylation is 1. The van der Waals surface area contributed by atoms with Crippen molar-refractivity contribution in [2.75, 3.05) is 23.1 Å². The van der Waals surface area contributed by atoms with Crippen LogP contribution in [-0.2, 0) is 12.8 Å². The normalized spacial score (nSPS) is 17.8. The average molecular weight is 316 g/mol. The number of anilines is 1. The Kier molecular flexibility index (Phi) is 3.53. The van der Waals surface area contributed by atoms with Gasteiger partial charge in [0, 0.05) is 35.7 Å². The van der Waals surface area contributed by atoms with Crippen LogP contribution in [-0.4, -0.2) is 23.2 Å². The van der Waals surface area contributed by atoms with Crippen LogP contribution < -0.4 is 10.5 Å². The molecule has 0 atom stereocenters. The molecule has 1 fully saturated rings. The second-order valence-corrected chi connectivity index (χ2v) is 7.17. The third-order valence-corrected chi connectivity index (χ3v) is 5.59. The van der Waals surface area contributed by atoms with Crippen LogP contribution in [0.4, 0.5) is 5.88 Å². The zero-order chi connectivity index (χ0) is 15.1. The van der Waals surface area contributed by atoms with Crippen molar-refractivity contribution in [3.05, 3.63) is 39.3 Å². The number of thioether (sulfide) groups is 1. The predicted octanol–water partition coefficient (Wildman–Crippen LogP) is 3.33. The summed E-state index contributed by atoms with van der Waals surface area (Å²) in [7, 11) is 0. The van der Waals surface area contributed by atoms with Gasteiger partial charge in [-0.15, -0.1) is 11.8 Å². The largest absolute Gasteiger partial charge is 0.440 e. The van der Waals surface area contributed by atoms with E-state index in [1.807, 2.05) is 18.0 Å². The first-order chi connectivity index (χ1) is 10.7. The lowest BCUT2D eigenvalue weighted by molar-refractivity contribution is 0.568. The van der Waals surface area contributed by atoms with Crippen molar-refractivity contribution in [2.24, 2.45) is 0 Å². The molecule has 4 rings (SSSR count). The van der Waals surface area contributed by atoms with Crippen LogP contribution in [0.1, 0.15) is 29.5 Å². The van der Waals surface area contributed by atoms with Crippen LogP contribution in [0.15, 0.2) is 21.5 Å². The Balaban J connectivity index is 1.80. The maximum atomic E-state index is 12.0. The molecule has 1 aliphatic carbocycles. The smallest absolute Gasteiger partial charge is 0.251 e. The minimum Gasteiger partial charge on any atom is -0.440 e. The fraction of sp³-hybridized carbons (Fsp3) is 0.471. The third-order valence-electron chi connectivity index (χ3n) is 4.63. The molecule has 3 heterocycles. The number of fused-ring (bicyclic) bond motifs is 1. The molecule has 0 bridgehead atoms. The summed E-state index contributed by atoms with van der Waals surface area (Å²) in [6.45, 7) is 3.13. The maximum Gasteiger partial charge on any atom is 0.251 e. The number of pyridine rings is 1. The number of nitrogens with one attached hydrogen (secondary N) is 1. The minimum absolute atomic E-state index is 0.0684. The number of aromatic amines is 1. The van der Waals surface area contributed by atoms with Gasteiger partial charge >= 0.3 is 0 Å². The van der Waals surface area contributed by atoms with Crippen molar-refractivity contribution in [1.82, 2.24) is 4.98 Å². The molecule has 0 spiro atoms. The molecule has 0 amide bonds. The number of nitrogens with zero attached hydrogens (tertiary/aromatic N) is 1. The van der Waals surface area contributed by atoms with Crippen molar-refractivity contribution in [1.29, 1.82) is 0 Å². The SMILES string of the molecule is Cc1cc(N2CCSC2)oc1-c1c[nH]c(=O)c2c1CCCC2. The topological polar surface area (TPSA) is 49.2 Å². The van der Waals surface area contributed by atoms with E-state index >= 15 is 0 Å². The third kappa shape index (κ3) is 2.28. The summed E-state index contributed by atoms with van der Waals surface area (Å²) in [5.74, 6) is 4.02. The lowest BCUT2D eigenvalue weighted by atomic mass is 9.89. The Morgan fingerprint density at radius 2 is 2.09 bits per heavy atom. The quantitative estimate of drug-likeness (QED) is 0.923. The molecule has 2 aromatic heterocycles. The molecule has 5 heteroatoms. The fourth-order valence-electron chi connectivity index (χ4n) is 3.44. The number of hydrogen-bond acceptors (Lipinski definition) is 4. The zero-order valence-corrected chi connectivity index (χ0v) is 13.6. The molecule has 1 N–H and O–H groups in total. The highest BCUT2D eigenvalue weighted by atomic mass is 32.2. The van der Waals surface area contributed by atoms with Crippen molar-refractivity contribution in [3.63, 3.8) is 0 Å². The van der Waals surface area contributed by atoms with Gasteiger partial charge in [0.1, 0.15) is 5.76 Å². The molecule has 22 heavy (non-hydrogen) atoms. The molecule has 0 radical (unpaired) electrons. The van der Waals surface area contributed by atoms with Crippen LogP contribution in [0.3, 0.4) is 0 Å². The molecule has 2 aliphatic rings. The van der Waals surface area contributed by atoms with E-state index in [4.69, 9.17) is 4.42 Å². The highest BCUT2D eigenvalue weighted by Gasteiger charge is 2.23. The summed E-state index contributed by atoms with van der Waals surface area (Å²) in [5, 5.41) is 0. The Bertz CT molecular complexity index is 757. The molecule has 0 saturated carbocycles. The number of H-pyrrole nitrogens is 1. The summed E-state index contributed by atoms with van der Waals surface area (Å²) < 4.78 is 6.18. The Morgan fingerprint density at radius 3 is 2.86 bits per heavy atom. The second kappa shape index (κ2) is 5.54. The zero-order valence-electron chi connectivity index (χ0n) is 12.8. The number of aromatic nitrogens is 1. The average Bonchev–Trinajstić information content (AvgIpc) is 3.18. The van der Waals surface area contributed by atoms with Crippen molar-refractivity contribution >= 4 is 17.6 Å². The van der Waals surface area contributed by atoms with E-state index in [0.717, 1.165) is 72.2 Å². The van der Waals surface area contributed by atoms with Gasteiger partial charge in [-0.3, -0.25) is 4.79 Å². The van der Waals surface area contributed by atoms with Crippen LogP contribution in [0.5, 0.6) is 0 Å². The van der Waals surface area contributed by atoms with Crippen LogP contribution in [0.25, 0.3) is 11.3 Å². The second-order valence-electron chi connectivity index (χ2n) is 6.09. The molecule has 0 unspecified atom stereocenters. The van der Waals surface area contributed by atoms with E-state index in [0.29, 0.717) is 0 Å². The molecule has 4 nitrogen and oxygen atoms in total. The number of furan rings is 1.